The van der Waals surface area contributed by atoms with Crippen LogP contribution in [0.3, 0.4) is 0 Å². The topological polar surface area (TPSA) is 231 Å². The monoisotopic (exact) mass is 1490 g/mol. The predicted molar refractivity (Wildman–Crippen MR) is 427 cm³/mol. The zero-order chi connectivity index (χ0) is 75.2. The molecule has 0 aliphatic carbocycles. The van der Waals surface area contributed by atoms with Crippen LogP contribution in [0.5, 0.6) is 0 Å². The van der Waals surface area contributed by atoms with E-state index in [1.165, 1.54) is 128 Å². The molecule has 0 saturated carbocycles. The lowest BCUT2D eigenvalue weighted by Gasteiger charge is -2.21. The van der Waals surface area contributed by atoms with Crippen LogP contribution in [-0.2, 0) is 55.8 Å². The van der Waals surface area contributed by atoms with Crippen LogP contribution in [0.15, 0.2) is 122 Å². The minimum atomic E-state index is -4.94. The largest absolute Gasteiger partial charge is 0.472 e. The molecule has 4 N–H and O–H groups in total. The first-order valence-corrected chi connectivity index (χ1v) is 43.8. The average Bonchev–Trinajstić information content (AvgIpc) is 0.946. The van der Waals surface area contributed by atoms with Gasteiger partial charge in [0.25, 0.3) is 0 Å². The lowest BCUT2D eigenvalue weighted by atomic mass is 10.0. The van der Waals surface area contributed by atoms with Gasteiger partial charge in [0.15, 0.2) is 6.10 Å². The van der Waals surface area contributed by atoms with Gasteiger partial charge in [0.05, 0.1) is 26.4 Å². The number of unbranched alkanes of at least 4 members (excludes halogenated alkanes) is 34. The summed E-state index contributed by atoms with van der Waals surface area (Å²) in [6, 6.07) is 0. The van der Waals surface area contributed by atoms with Crippen LogP contribution in [0.4, 0.5) is 0 Å². The summed E-state index contributed by atoms with van der Waals surface area (Å²) >= 11 is 0. The number of esters is 3. The van der Waals surface area contributed by atoms with E-state index in [1.807, 2.05) is 0 Å². The van der Waals surface area contributed by atoms with Crippen LogP contribution >= 0.6 is 15.6 Å². The Labute approximate surface area is 627 Å². The van der Waals surface area contributed by atoms with Gasteiger partial charge in [-0.3, -0.25) is 32.5 Å². The molecule has 0 rings (SSSR count). The Morgan fingerprint density at radius 2 is 0.534 bits per heavy atom. The van der Waals surface area contributed by atoms with E-state index >= 15 is 0 Å². The summed E-state index contributed by atoms with van der Waals surface area (Å²) in [4.78, 5) is 58.6. The number of phosphoric ester groups is 2. The lowest BCUT2D eigenvalue weighted by Crippen LogP contribution is -2.30. The predicted octanol–water partition coefficient (Wildman–Crippen LogP) is 24.1. The number of allylic oxidation sites excluding steroid dienone is 20. The van der Waals surface area contributed by atoms with E-state index in [0.29, 0.717) is 19.3 Å². The summed E-state index contributed by atoms with van der Waals surface area (Å²) in [5.41, 5.74) is 0. The van der Waals surface area contributed by atoms with Gasteiger partial charge in [-0.25, -0.2) is 9.13 Å². The van der Waals surface area contributed by atoms with Crippen LogP contribution in [0.25, 0.3) is 0 Å². The number of ether oxygens (including phenoxy) is 3. The van der Waals surface area contributed by atoms with Gasteiger partial charge < -0.3 is 34.2 Å². The average molecular weight is 1490 g/mol. The Hall–Kier alpha value is -4.05. The summed E-state index contributed by atoms with van der Waals surface area (Å²) in [6.45, 7) is 2.46. The first-order valence-electron chi connectivity index (χ1n) is 40.8. The standard InChI is InChI=1S/C85H148O16P2/c1-4-7-10-13-16-19-22-25-27-29-31-32-33-34-35-36-37-38-39-40-41-42-43-44-45-46-48-50-51-54-56-59-62-65-68-71-83(88)95-74-80(86)75-97-102(91,92)98-76-81(87)77-99-103(93,94)100-79-82(101-85(90)73-70-67-64-61-58-53-24-21-18-15-12-9-6-3)78-96-84(89)72-69-66-63-60-57-55-52-49-47-30-28-26-23-20-17-14-11-8-5-2/h8,11-12,15-17,19-21,24-28,31-32,34-35,47,49,80-82,86-87H,4-7,9-10,13-14,18,22-23,29-30,33,36-46,48,50-79H2,1-3H3,(H,91,92)(H,93,94)/b11-8-,15-12-,19-16-,20-17-,24-21-,27-25-,28-26-,32-31-,35-34-,49-47-. The zero-order valence-corrected chi connectivity index (χ0v) is 66.7. The molecule has 0 amide bonds. The van der Waals surface area contributed by atoms with Crippen LogP contribution in [0.2, 0.25) is 0 Å². The maximum absolute atomic E-state index is 12.9. The Bertz CT molecular complexity index is 2360. The Morgan fingerprint density at radius 3 is 0.854 bits per heavy atom. The smallest absolute Gasteiger partial charge is 0.463 e. The van der Waals surface area contributed by atoms with Gasteiger partial charge in [-0.1, -0.05) is 316 Å². The highest BCUT2D eigenvalue weighted by molar-refractivity contribution is 7.47. The molecule has 18 heteroatoms. The van der Waals surface area contributed by atoms with Crippen molar-refractivity contribution < 1.29 is 75.8 Å². The van der Waals surface area contributed by atoms with Crippen molar-refractivity contribution in [3.63, 3.8) is 0 Å². The highest BCUT2D eigenvalue weighted by Gasteiger charge is 2.29. The molecule has 0 saturated heterocycles. The molecule has 16 nitrogen and oxygen atoms in total. The molecule has 0 aliphatic rings. The maximum atomic E-state index is 12.9. The second kappa shape index (κ2) is 77.6. The van der Waals surface area contributed by atoms with E-state index < -0.39 is 91.5 Å². The van der Waals surface area contributed by atoms with Gasteiger partial charge in [0, 0.05) is 19.3 Å². The first kappa shape index (κ1) is 98.9. The fourth-order valence-corrected chi connectivity index (χ4v) is 12.5. The number of phosphoric acid groups is 2. The second-order valence-electron chi connectivity index (χ2n) is 27.2. The SMILES string of the molecule is CC/C=C\C/C=C\C/C=C\C/C=C\CCCCCCCCC(=O)OCC(COP(=O)(O)OCC(O)COP(=O)(O)OCC(O)COC(=O)CCCCCCCCCCCCCCCCCCCCC/C=C\C/C=C\C/C=C\C/C=C\CCCCC)OC(=O)CCCCCCC/C=C\C/C=C\CCC. The number of rotatable bonds is 77. The molecule has 0 bridgehead atoms. The fraction of sp³-hybridized carbons (Fsp3) is 0.729. The highest BCUT2D eigenvalue weighted by atomic mass is 31.2. The Morgan fingerprint density at radius 1 is 0.282 bits per heavy atom. The van der Waals surface area contributed by atoms with Gasteiger partial charge in [0.1, 0.15) is 25.4 Å². The van der Waals surface area contributed by atoms with Crippen molar-refractivity contribution in [2.24, 2.45) is 0 Å². The summed E-state index contributed by atoms with van der Waals surface area (Å²) in [5.74, 6) is -1.60. The minimum Gasteiger partial charge on any atom is -0.463 e. The number of aliphatic hydroxyl groups is 2. The molecule has 0 heterocycles. The molecule has 0 aliphatic heterocycles. The van der Waals surface area contributed by atoms with Gasteiger partial charge >= 0.3 is 33.6 Å². The molecule has 0 aromatic rings. The van der Waals surface area contributed by atoms with E-state index in [4.69, 9.17) is 32.3 Å². The van der Waals surface area contributed by atoms with Crippen molar-refractivity contribution in [1.82, 2.24) is 0 Å². The summed E-state index contributed by atoms with van der Waals surface area (Å²) in [5, 5.41) is 20.6. The fourth-order valence-electron chi connectivity index (χ4n) is 10.9. The Balaban J connectivity index is 4.36. The van der Waals surface area contributed by atoms with E-state index in [0.717, 1.165) is 154 Å². The highest BCUT2D eigenvalue weighted by Crippen LogP contribution is 2.45. The zero-order valence-electron chi connectivity index (χ0n) is 65.0. The third-order valence-electron chi connectivity index (χ3n) is 17.1. The number of carbonyl (C=O) groups excluding carboxylic acids is 3. The number of carbonyl (C=O) groups is 3. The number of hydrogen-bond donors (Lipinski definition) is 4. The van der Waals surface area contributed by atoms with E-state index in [-0.39, 0.29) is 19.3 Å². The molecular formula is C85H148O16P2. The van der Waals surface area contributed by atoms with E-state index in [9.17, 15) is 43.5 Å². The molecule has 0 aromatic heterocycles. The van der Waals surface area contributed by atoms with Gasteiger partial charge in [-0.2, -0.15) is 0 Å². The first-order chi connectivity index (χ1) is 50.2. The third-order valence-corrected chi connectivity index (χ3v) is 19.0. The molecule has 103 heavy (non-hydrogen) atoms. The third kappa shape index (κ3) is 78.8. The van der Waals surface area contributed by atoms with Crippen molar-refractivity contribution in [3.05, 3.63) is 122 Å². The molecule has 5 unspecified atom stereocenters. The molecule has 0 aromatic carbocycles. The van der Waals surface area contributed by atoms with Crippen LogP contribution in [0, 0.1) is 0 Å². The quantitative estimate of drug-likeness (QED) is 0.0146. The lowest BCUT2D eigenvalue weighted by molar-refractivity contribution is -0.161. The van der Waals surface area contributed by atoms with Gasteiger partial charge in [0.2, 0.25) is 0 Å². The van der Waals surface area contributed by atoms with Crippen molar-refractivity contribution >= 4 is 33.6 Å². The molecule has 5 atom stereocenters. The summed E-state index contributed by atoms with van der Waals surface area (Å²) in [7, 11) is -9.79. The molecule has 594 valence electrons. The van der Waals surface area contributed by atoms with Crippen molar-refractivity contribution in [1.29, 1.82) is 0 Å². The van der Waals surface area contributed by atoms with Crippen molar-refractivity contribution in [3.8, 4) is 0 Å². The van der Waals surface area contributed by atoms with E-state index in [1.54, 1.807) is 0 Å². The molecule has 0 fully saturated rings. The maximum Gasteiger partial charge on any atom is 0.472 e. The molecular weight excluding hydrogens is 1340 g/mol. The molecule has 0 radical (unpaired) electrons. The van der Waals surface area contributed by atoms with Gasteiger partial charge in [-0.15, -0.1) is 0 Å². The van der Waals surface area contributed by atoms with Crippen LogP contribution < -0.4 is 0 Å². The summed E-state index contributed by atoms with van der Waals surface area (Å²) in [6.07, 6.45) is 92.8. The summed E-state index contributed by atoms with van der Waals surface area (Å²) < 4.78 is 61.1. The molecule has 0 spiro atoms. The normalized spacial score (nSPS) is 14.6. The minimum absolute atomic E-state index is 0.0834. The van der Waals surface area contributed by atoms with Crippen LogP contribution in [0.1, 0.15) is 342 Å². The second-order valence-corrected chi connectivity index (χ2v) is 30.1. The van der Waals surface area contributed by atoms with E-state index in [2.05, 4.69) is 142 Å². The van der Waals surface area contributed by atoms with Gasteiger partial charge in [-0.05, 0) is 128 Å². The number of aliphatic hydroxyl groups excluding tert-OH is 2. The van der Waals surface area contributed by atoms with Crippen molar-refractivity contribution in [2.45, 2.75) is 360 Å². The Kier molecular flexibility index (Phi) is 74.5. The van der Waals surface area contributed by atoms with Crippen LogP contribution in [-0.4, -0.2) is 95.9 Å². The number of hydrogen-bond acceptors (Lipinski definition) is 14. The van der Waals surface area contributed by atoms with Crippen molar-refractivity contribution in [2.75, 3.05) is 39.6 Å².